The topological polar surface area (TPSA) is 86.8 Å². The van der Waals surface area contributed by atoms with Crippen molar-refractivity contribution in [2.45, 2.75) is 64.1 Å². The minimum atomic E-state index is -3.88. The lowest BCUT2D eigenvalue weighted by atomic mass is 9.95. The van der Waals surface area contributed by atoms with Crippen molar-refractivity contribution in [2.75, 3.05) is 17.1 Å². The van der Waals surface area contributed by atoms with E-state index in [-0.39, 0.29) is 24.2 Å². The van der Waals surface area contributed by atoms with Crippen molar-refractivity contribution in [1.82, 2.24) is 10.2 Å². The number of halogens is 2. The molecule has 0 bridgehead atoms. The first-order valence-electron chi connectivity index (χ1n) is 12.2. The van der Waals surface area contributed by atoms with E-state index in [1.54, 1.807) is 24.3 Å². The largest absolute Gasteiger partial charge is 0.352 e. The minimum Gasteiger partial charge on any atom is -0.352 e. The van der Waals surface area contributed by atoms with Crippen LogP contribution in [0.2, 0.25) is 5.02 Å². The van der Waals surface area contributed by atoms with Gasteiger partial charge in [-0.3, -0.25) is 13.9 Å². The van der Waals surface area contributed by atoms with E-state index in [0.717, 1.165) is 54.8 Å². The van der Waals surface area contributed by atoms with Gasteiger partial charge in [-0.25, -0.2) is 12.8 Å². The quantitative estimate of drug-likeness (QED) is 0.483. The van der Waals surface area contributed by atoms with Crippen LogP contribution in [0, 0.1) is 5.82 Å². The summed E-state index contributed by atoms with van der Waals surface area (Å²) in [5.41, 5.74) is 0.800. The Balaban J connectivity index is 1.91. The van der Waals surface area contributed by atoms with E-state index in [9.17, 15) is 22.4 Å². The molecule has 7 nitrogen and oxygen atoms in total. The average molecular weight is 538 g/mol. The number of hydrogen-bond donors (Lipinski definition) is 1. The van der Waals surface area contributed by atoms with Crippen molar-refractivity contribution in [2.24, 2.45) is 0 Å². The normalized spacial score (nSPS) is 15.2. The number of benzene rings is 2. The first-order valence-corrected chi connectivity index (χ1v) is 14.4. The maximum absolute atomic E-state index is 13.7. The Labute approximate surface area is 217 Å². The molecule has 3 rings (SSSR count). The number of sulfonamides is 1. The molecule has 0 spiro atoms. The Morgan fingerprint density at radius 3 is 2.31 bits per heavy atom. The van der Waals surface area contributed by atoms with Gasteiger partial charge in [0.25, 0.3) is 0 Å². The fraction of sp³-hybridized carbons (Fsp3) is 0.462. The molecule has 0 aliphatic heterocycles. The molecule has 1 unspecified atom stereocenters. The van der Waals surface area contributed by atoms with Gasteiger partial charge in [-0.05, 0) is 55.2 Å². The summed E-state index contributed by atoms with van der Waals surface area (Å²) >= 11 is 6.36. The van der Waals surface area contributed by atoms with Gasteiger partial charge in [-0.2, -0.15) is 0 Å². The standard InChI is InChI=1S/C26H33ClFN3O4S/c1-3-24(26(33)29-21-10-5-4-6-11-21)30(17-19-9-7-8-12-23(19)27)25(32)18-31(36(2,34)35)22-15-13-20(28)14-16-22/h7-9,12-16,21,24H,3-6,10-11,17-18H2,1-2H3,(H,29,33). The third-order valence-electron chi connectivity index (χ3n) is 6.43. The third kappa shape index (κ3) is 7.43. The summed E-state index contributed by atoms with van der Waals surface area (Å²) < 4.78 is 39.5. The van der Waals surface area contributed by atoms with E-state index in [2.05, 4.69) is 5.32 Å². The third-order valence-corrected chi connectivity index (χ3v) is 7.94. The molecule has 1 aliphatic rings. The summed E-state index contributed by atoms with van der Waals surface area (Å²) in [5, 5.41) is 3.53. The van der Waals surface area contributed by atoms with E-state index < -0.39 is 34.3 Å². The van der Waals surface area contributed by atoms with Crippen molar-refractivity contribution in [1.29, 1.82) is 0 Å². The van der Waals surface area contributed by atoms with Crippen LogP contribution in [-0.2, 0) is 26.2 Å². The van der Waals surface area contributed by atoms with E-state index in [1.165, 1.54) is 17.0 Å². The zero-order valence-corrected chi connectivity index (χ0v) is 22.2. The molecule has 0 heterocycles. The summed E-state index contributed by atoms with van der Waals surface area (Å²) in [5.74, 6) is -1.35. The van der Waals surface area contributed by atoms with Crippen LogP contribution in [0.5, 0.6) is 0 Å². The molecule has 0 aromatic heterocycles. The molecule has 2 aromatic carbocycles. The average Bonchev–Trinajstić information content (AvgIpc) is 2.84. The summed E-state index contributed by atoms with van der Waals surface area (Å²) in [7, 11) is -3.88. The van der Waals surface area contributed by atoms with Gasteiger partial charge in [-0.15, -0.1) is 0 Å². The molecule has 10 heteroatoms. The number of rotatable bonds is 10. The zero-order valence-electron chi connectivity index (χ0n) is 20.6. The van der Waals surface area contributed by atoms with Crippen LogP contribution in [0.3, 0.4) is 0 Å². The molecular weight excluding hydrogens is 505 g/mol. The maximum atomic E-state index is 13.7. The lowest BCUT2D eigenvalue weighted by molar-refractivity contribution is -0.140. The molecule has 1 saturated carbocycles. The highest BCUT2D eigenvalue weighted by Crippen LogP contribution is 2.23. The van der Waals surface area contributed by atoms with Crippen molar-refractivity contribution < 1.29 is 22.4 Å². The Morgan fingerprint density at radius 2 is 1.72 bits per heavy atom. The van der Waals surface area contributed by atoms with E-state index in [0.29, 0.717) is 17.0 Å². The molecule has 1 aliphatic carbocycles. The molecule has 0 radical (unpaired) electrons. The highest BCUT2D eigenvalue weighted by atomic mass is 35.5. The SMILES string of the molecule is CCC(C(=O)NC1CCCCC1)N(Cc1ccccc1Cl)C(=O)CN(c1ccc(F)cc1)S(C)(=O)=O. The first kappa shape index (κ1) is 27.9. The Hall–Kier alpha value is -2.65. The molecule has 2 aromatic rings. The highest BCUT2D eigenvalue weighted by molar-refractivity contribution is 7.92. The lowest BCUT2D eigenvalue weighted by Gasteiger charge is -2.34. The van der Waals surface area contributed by atoms with Crippen LogP contribution in [-0.4, -0.2) is 50.0 Å². The first-order chi connectivity index (χ1) is 17.1. The van der Waals surface area contributed by atoms with Gasteiger partial charge in [0.15, 0.2) is 0 Å². The second-order valence-electron chi connectivity index (χ2n) is 9.13. The van der Waals surface area contributed by atoms with E-state index >= 15 is 0 Å². The van der Waals surface area contributed by atoms with Gasteiger partial charge in [0.1, 0.15) is 18.4 Å². The van der Waals surface area contributed by atoms with Gasteiger partial charge in [-0.1, -0.05) is 56.0 Å². The van der Waals surface area contributed by atoms with Crippen molar-refractivity contribution in [3.8, 4) is 0 Å². The minimum absolute atomic E-state index is 0.0378. The number of hydrogen-bond acceptors (Lipinski definition) is 4. The number of carbonyl (C=O) groups excluding carboxylic acids is 2. The molecule has 2 amide bonds. The molecule has 36 heavy (non-hydrogen) atoms. The van der Waals surface area contributed by atoms with Crippen LogP contribution in [0.25, 0.3) is 0 Å². The monoisotopic (exact) mass is 537 g/mol. The summed E-state index contributed by atoms with van der Waals surface area (Å²) in [4.78, 5) is 28.4. The van der Waals surface area contributed by atoms with Gasteiger partial charge in [0.2, 0.25) is 21.8 Å². The van der Waals surface area contributed by atoms with Crippen LogP contribution >= 0.6 is 11.6 Å². The molecular formula is C26H33ClFN3O4S. The fourth-order valence-electron chi connectivity index (χ4n) is 4.50. The Bertz CT molecular complexity index is 1150. The predicted molar refractivity (Wildman–Crippen MR) is 140 cm³/mol. The molecule has 1 atom stereocenters. The van der Waals surface area contributed by atoms with Gasteiger partial charge >= 0.3 is 0 Å². The maximum Gasteiger partial charge on any atom is 0.244 e. The smallest absolute Gasteiger partial charge is 0.244 e. The summed E-state index contributed by atoms with van der Waals surface area (Å²) in [6.07, 6.45) is 6.35. The second kappa shape index (κ2) is 12.5. The van der Waals surface area contributed by atoms with Crippen molar-refractivity contribution in [3.05, 3.63) is 64.9 Å². The zero-order chi connectivity index (χ0) is 26.3. The summed E-state index contributed by atoms with van der Waals surface area (Å²) in [6.45, 7) is 1.31. The van der Waals surface area contributed by atoms with Crippen LogP contribution in [0.15, 0.2) is 48.5 Å². The Kier molecular flexibility index (Phi) is 9.73. The van der Waals surface area contributed by atoms with E-state index in [4.69, 9.17) is 11.6 Å². The summed E-state index contributed by atoms with van der Waals surface area (Å²) in [6, 6.07) is 11.1. The number of nitrogens with one attached hydrogen (secondary N) is 1. The molecule has 196 valence electrons. The van der Waals surface area contributed by atoms with Crippen molar-refractivity contribution in [3.63, 3.8) is 0 Å². The lowest BCUT2D eigenvalue weighted by Crippen LogP contribution is -2.54. The fourth-order valence-corrected chi connectivity index (χ4v) is 5.54. The molecule has 1 N–H and O–H groups in total. The van der Waals surface area contributed by atoms with Gasteiger partial charge in [0.05, 0.1) is 11.9 Å². The van der Waals surface area contributed by atoms with Crippen LogP contribution in [0.4, 0.5) is 10.1 Å². The number of nitrogens with zero attached hydrogens (tertiary/aromatic N) is 2. The second-order valence-corrected chi connectivity index (χ2v) is 11.4. The van der Waals surface area contributed by atoms with E-state index in [1.807, 2.05) is 6.92 Å². The van der Waals surface area contributed by atoms with Crippen LogP contribution in [0.1, 0.15) is 51.0 Å². The highest BCUT2D eigenvalue weighted by Gasteiger charge is 2.33. The Morgan fingerprint density at radius 1 is 1.08 bits per heavy atom. The number of carbonyl (C=O) groups is 2. The number of anilines is 1. The van der Waals surface area contributed by atoms with Crippen molar-refractivity contribution >= 4 is 39.1 Å². The van der Waals surface area contributed by atoms with Gasteiger partial charge in [0, 0.05) is 17.6 Å². The molecule has 0 saturated heterocycles. The molecule has 1 fully saturated rings. The number of amides is 2. The van der Waals surface area contributed by atoms with Crippen LogP contribution < -0.4 is 9.62 Å². The predicted octanol–water partition coefficient (Wildman–Crippen LogP) is 4.50. The van der Waals surface area contributed by atoms with Gasteiger partial charge < -0.3 is 10.2 Å².